The van der Waals surface area contributed by atoms with Crippen molar-refractivity contribution in [2.45, 2.75) is 51.7 Å². The van der Waals surface area contributed by atoms with Gasteiger partial charge in [-0.25, -0.2) is 4.39 Å². The second-order valence-electron chi connectivity index (χ2n) is 15.2. The molecule has 0 amide bonds. The molecule has 55 heavy (non-hydrogen) atoms. The molecule has 0 atom stereocenters. The molecule has 1 aliphatic rings. The van der Waals surface area contributed by atoms with E-state index in [2.05, 4.69) is 115 Å². The van der Waals surface area contributed by atoms with E-state index in [1.165, 1.54) is 74.3 Å². The summed E-state index contributed by atoms with van der Waals surface area (Å²) < 4.78 is 22.2. The van der Waals surface area contributed by atoms with Gasteiger partial charge in [-0.15, -0.1) is 42.0 Å². The minimum absolute atomic E-state index is 0. The van der Waals surface area contributed by atoms with E-state index < -0.39 is 8.07 Å². The molecule has 0 bridgehead atoms. The monoisotopic (exact) mass is 931 g/mol. The number of hydrogen-bond acceptors (Lipinski definition) is 4. The van der Waals surface area contributed by atoms with Crippen molar-refractivity contribution in [3.8, 4) is 22.5 Å². The van der Waals surface area contributed by atoms with E-state index >= 15 is 0 Å². The van der Waals surface area contributed by atoms with Crippen molar-refractivity contribution < 1.29 is 28.9 Å². The molecular formula is C48H39FIrN2OSSi-2. The standard InChI is InChI=1S/C28H22NS.C20H17FNOSi.Ir/c1-2-6-19(7-3-1)16-20-14-15-29-26(17-20)22-11-13-27-25(18-22)24-12-10-21-8-4-5-9-23(21)28(24)30-27;1-24(2,3)14-8-10-18(22-12-14)17-6-4-5-16-15-9-7-13(21)11-19(15)23-20(16)17;/h1-3,6-7,10,12-15,17-18H,4-5,8-9,16H2;4-5,7-12H,1-3H3;/q2*-1;. The van der Waals surface area contributed by atoms with Crippen LogP contribution >= 0.6 is 11.3 Å². The Balaban J connectivity index is 0.000000156. The Morgan fingerprint density at radius 2 is 1.60 bits per heavy atom. The zero-order chi connectivity index (χ0) is 36.8. The molecule has 0 aliphatic heterocycles. The van der Waals surface area contributed by atoms with E-state index in [0.29, 0.717) is 11.2 Å². The number of aromatic nitrogens is 2. The van der Waals surface area contributed by atoms with Crippen LogP contribution in [0.5, 0.6) is 0 Å². The molecule has 0 spiro atoms. The first kappa shape index (κ1) is 37.2. The minimum Gasteiger partial charge on any atom is -0.500 e. The van der Waals surface area contributed by atoms with Crippen LogP contribution in [-0.2, 0) is 39.4 Å². The van der Waals surface area contributed by atoms with Gasteiger partial charge in [-0.1, -0.05) is 96.6 Å². The molecule has 4 aromatic heterocycles. The van der Waals surface area contributed by atoms with Crippen LogP contribution in [0.2, 0.25) is 19.6 Å². The molecule has 0 fully saturated rings. The van der Waals surface area contributed by atoms with E-state index in [1.54, 1.807) is 17.2 Å². The Morgan fingerprint density at radius 3 is 2.42 bits per heavy atom. The Labute approximate surface area is 339 Å². The summed E-state index contributed by atoms with van der Waals surface area (Å²) >= 11 is 1.93. The normalized spacial score (nSPS) is 12.7. The molecule has 5 aromatic carbocycles. The van der Waals surface area contributed by atoms with Crippen molar-refractivity contribution in [1.82, 2.24) is 9.97 Å². The quantitative estimate of drug-likeness (QED) is 0.127. The molecule has 9 aromatic rings. The number of pyridine rings is 2. The molecule has 0 saturated carbocycles. The zero-order valence-corrected chi connectivity index (χ0v) is 35.2. The van der Waals surface area contributed by atoms with Crippen molar-refractivity contribution >= 4 is 66.7 Å². The van der Waals surface area contributed by atoms with E-state index in [9.17, 15) is 4.39 Å². The Morgan fingerprint density at radius 1 is 0.764 bits per heavy atom. The topological polar surface area (TPSA) is 38.9 Å². The van der Waals surface area contributed by atoms with Gasteiger partial charge in [0.25, 0.3) is 0 Å². The van der Waals surface area contributed by atoms with Crippen LogP contribution in [0.3, 0.4) is 0 Å². The zero-order valence-electron chi connectivity index (χ0n) is 31.0. The van der Waals surface area contributed by atoms with E-state index in [1.807, 2.05) is 41.9 Å². The van der Waals surface area contributed by atoms with Gasteiger partial charge in [-0.2, -0.15) is 11.3 Å². The van der Waals surface area contributed by atoms with Gasteiger partial charge in [-0.3, -0.25) is 0 Å². The van der Waals surface area contributed by atoms with Crippen molar-refractivity contribution in [2.75, 3.05) is 0 Å². The van der Waals surface area contributed by atoms with E-state index in [0.717, 1.165) is 39.7 Å². The van der Waals surface area contributed by atoms with Crippen LogP contribution in [0, 0.1) is 17.9 Å². The maximum absolute atomic E-state index is 13.5. The van der Waals surface area contributed by atoms with Crippen molar-refractivity contribution in [3.63, 3.8) is 0 Å². The van der Waals surface area contributed by atoms with Gasteiger partial charge in [0.05, 0.1) is 13.7 Å². The summed E-state index contributed by atoms with van der Waals surface area (Å²) in [6.07, 6.45) is 9.90. The van der Waals surface area contributed by atoms with Gasteiger partial charge in [0.1, 0.15) is 11.4 Å². The summed E-state index contributed by atoms with van der Waals surface area (Å²) in [4.78, 5) is 9.29. The SMILES string of the molecule is C[Si](C)(C)c1ccc(-c2[c-]ccc3c2oc2cc(F)ccc23)nc1.[Ir].[c-]1cc2sc3c4c(ccc3c2cc1-c1cc(Cc2ccccc2)ccn1)CCCC4. The molecule has 275 valence electrons. The fourth-order valence-electron chi connectivity index (χ4n) is 7.61. The molecule has 0 unspecified atom stereocenters. The summed E-state index contributed by atoms with van der Waals surface area (Å²) in [5, 5.41) is 5.90. The molecular weight excluding hydrogens is 892 g/mol. The molecule has 7 heteroatoms. The number of fused-ring (bicyclic) bond motifs is 8. The van der Waals surface area contributed by atoms with Gasteiger partial charge in [0, 0.05) is 48.7 Å². The number of halogens is 1. The van der Waals surface area contributed by atoms with Crippen molar-refractivity contribution in [2.24, 2.45) is 0 Å². The van der Waals surface area contributed by atoms with Crippen molar-refractivity contribution in [1.29, 1.82) is 0 Å². The van der Waals surface area contributed by atoms with Gasteiger partial charge < -0.3 is 14.4 Å². The second kappa shape index (κ2) is 15.4. The third-order valence-electron chi connectivity index (χ3n) is 10.5. The molecule has 4 heterocycles. The average Bonchev–Trinajstić information content (AvgIpc) is 3.76. The Hall–Kier alpha value is -4.78. The minimum atomic E-state index is -1.38. The first-order valence-electron chi connectivity index (χ1n) is 18.7. The maximum Gasteiger partial charge on any atom is 0.126 e. The number of rotatable bonds is 5. The molecule has 3 nitrogen and oxygen atoms in total. The summed E-state index contributed by atoms with van der Waals surface area (Å²) in [6, 6.07) is 43.4. The van der Waals surface area contributed by atoms with Crippen LogP contribution in [0.25, 0.3) is 64.6 Å². The third kappa shape index (κ3) is 7.47. The van der Waals surface area contributed by atoms with Gasteiger partial charge >= 0.3 is 0 Å². The number of hydrogen-bond donors (Lipinski definition) is 0. The van der Waals surface area contributed by atoms with Gasteiger partial charge in [0.2, 0.25) is 0 Å². The summed E-state index contributed by atoms with van der Waals surface area (Å²) in [7, 11) is -1.38. The first-order chi connectivity index (χ1) is 26.3. The fraction of sp³-hybridized carbons (Fsp3) is 0.167. The number of furan rings is 1. The Bertz CT molecular complexity index is 2810. The second-order valence-corrected chi connectivity index (χ2v) is 21.4. The maximum atomic E-state index is 13.5. The predicted molar refractivity (Wildman–Crippen MR) is 226 cm³/mol. The van der Waals surface area contributed by atoms with Gasteiger partial charge in [-0.05, 0) is 99.2 Å². The molecule has 1 radical (unpaired) electrons. The smallest absolute Gasteiger partial charge is 0.126 e. The number of nitrogens with zero attached hydrogens (tertiary/aromatic N) is 2. The molecule has 1 aliphatic carbocycles. The fourth-order valence-corrected chi connectivity index (χ4v) is 9.90. The number of thiophene rings is 1. The van der Waals surface area contributed by atoms with Crippen LogP contribution in [0.1, 0.15) is 35.1 Å². The predicted octanol–water partition coefficient (Wildman–Crippen LogP) is 12.5. The van der Waals surface area contributed by atoms with E-state index in [-0.39, 0.29) is 25.9 Å². The van der Waals surface area contributed by atoms with Crippen molar-refractivity contribution in [3.05, 3.63) is 162 Å². The average molecular weight is 931 g/mol. The largest absolute Gasteiger partial charge is 0.500 e. The number of aryl methyl sites for hydroxylation is 2. The van der Waals surface area contributed by atoms with Crippen LogP contribution in [0.15, 0.2) is 126 Å². The van der Waals surface area contributed by atoms with E-state index in [4.69, 9.17) is 4.42 Å². The molecule has 0 saturated heterocycles. The van der Waals surface area contributed by atoms with Crippen LogP contribution in [-0.4, -0.2) is 18.0 Å². The molecule has 0 N–H and O–H groups in total. The van der Waals surface area contributed by atoms with Crippen LogP contribution < -0.4 is 5.19 Å². The third-order valence-corrected chi connectivity index (χ3v) is 13.8. The molecule has 10 rings (SSSR count). The number of benzene rings is 5. The summed E-state index contributed by atoms with van der Waals surface area (Å²) in [5.74, 6) is -0.301. The summed E-state index contributed by atoms with van der Waals surface area (Å²) in [6.45, 7) is 6.89. The first-order valence-corrected chi connectivity index (χ1v) is 23.0. The Kier molecular flexibility index (Phi) is 10.4. The van der Waals surface area contributed by atoms with Crippen LogP contribution in [0.4, 0.5) is 4.39 Å². The summed E-state index contributed by atoms with van der Waals surface area (Å²) in [5.41, 5.74) is 10.7. The van der Waals surface area contributed by atoms with Gasteiger partial charge in [0.15, 0.2) is 0 Å².